The molecule has 3 aromatic carbocycles. The van der Waals surface area contributed by atoms with Crippen molar-refractivity contribution in [1.29, 1.82) is 0 Å². The van der Waals surface area contributed by atoms with Gasteiger partial charge in [0, 0.05) is 23.1 Å². The number of carbonyl (C=O) groups is 2. The molecule has 3 rings (SSSR count). The molecule has 0 saturated heterocycles. The number of aliphatic carboxylic acids is 1. The van der Waals surface area contributed by atoms with E-state index in [1.54, 1.807) is 13.2 Å². The average Bonchev–Trinajstić information content (AvgIpc) is 2.92. The van der Waals surface area contributed by atoms with Crippen LogP contribution in [0.4, 0.5) is 0 Å². The van der Waals surface area contributed by atoms with Crippen molar-refractivity contribution in [3.63, 3.8) is 0 Å². The van der Waals surface area contributed by atoms with E-state index in [4.69, 9.17) is 9.47 Å². The molecule has 2 N–H and O–H groups in total. The summed E-state index contributed by atoms with van der Waals surface area (Å²) < 4.78 is 12.3. The Morgan fingerprint density at radius 2 is 1.51 bits per heavy atom. The Kier molecular flexibility index (Phi) is 11.5. The van der Waals surface area contributed by atoms with Crippen LogP contribution in [0.5, 0.6) is 11.5 Å². The molecule has 0 bridgehead atoms. The van der Waals surface area contributed by atoms with Crippen LogP contribution in [0.2, 0.25) is 0 Å². The molecular formula is C39H53NO5. The van der Waals surface area contributed by atoms with E-state index in [9.17, 15) is 14.7 Å². The summed E-state index contributed by atoms with van der Waals surface area (Å²) in [5, 5.41) is 12.7. The van der Waals surface area contributed by atoms with Gasteiger partial charge in [0.2, 0.25) is 0 Å². The predicted octanol–water partition coefficient (Wildman–Crippen LogP) is 9.02. The summed E-state index contributed by atoms with van der Waals surface area (Å²) in [4.78, 5) is 25.4. The van der Waals surface area contributed by atoms with Crippen molar-refractivity contribution in [1.82, 2.24) is 5.32 Å². The zero-order valence-corrected chi connectivity index (χ0v) is 29.2. The molecule has 0 aliphatic heterocycles. The van der Waals surface area contributed by atoms with Gasteiger partial charge < -0.3 is 19.9 Å². The summed E-state index contributed by atoms with van der Waals surface area (Å²) in [5.74, 6) is 0.542. The number of nitrogens with one attached hydrogen (secondary N) is 1. The van der Waals surface area contributed by atoms with Crippen LogP contribution in [-0.4, -0.2) is 24.1 Å². The summed E-state index contributed by atoms with van der Waals surface area (Å²) in [6.07, 6.45) is 0.946. The molecule has 0 saturated carbocycles. The lowest BCUT2D eigenvalue weighted by molar-refractivity contribution is -0.136. The maximum atomic E-state index is 13.9. The first kappa shape index (κ1) is 35.7. The zero-order valence-electron chi connectivity index (χ0n) is 29.2. The largest absolute Gasteiger partial charge is 0.496 e. The van der Waals surface area contributed by atoms with Crippen molar-refractivity contribution < 1.29 is 24.2 Å². The van der Waals surface area contributed by atoms with Crippen molar-refractivity contribution >= 4 is 11.9 Å². The molecule has 1 atom stereocenters. The Balaban J connectivity index is 2.01. The quantitative estimate of drug-likeness (QED) is 0.212. The monoisotopic (exact) mass is 615 g/mol. The van der Waals surface area contributed by atoms with Crippen LogP contribution in [0, 0.1) is 19.8 Å². The molecule has 6 heteroatoms. The van der Waals surface area contributed by atoms with Gasteiger partial charge in [0.15, 0.2) is 0 Å². The van der Waals surface area contributed by atoms with E-state index in [-0.39, 0.29) is 42.2 Å². The average molecular weight is 616 g/mol. The highest BCUT2D eigenvalue weighted by molar-refractivity contribution is 5.96. The fourth-order valence-corrected chi connectivity index (χ4v) is 5.70. The number of hydrogen-bond donors (Lipinski definition) is 2. The number of ether oxygens (including phenoxy) is 2. The van der Waals surface area contributed by atoms with E-state index in [0.29, 0.717) is 22.8 Å². The van der Waals surface area contributed by atoms with Gasteiger partial charge in [-0.15, -0.1) is 0 Å². The van der Waals surface area contributed by atoms with Crippen molar-refractivity contribution in [2.24, 2.45) is 5.92 Å². The summed E-state index contributed by atoms with van der Waals surface area (Å²) in [7, 11) is 1.69. The van der Waals surface area contributed by atoms with Crippen molar-refractivity contribution in [3.8, 4) is 11.5 Å². The molecule has 0 aliphatic rings. The van der Waals surface area contributed by atoms with Crippen LogP contribution in [0.3, 0.4) is 0 Å². The first-order chi connectivity index (χ1) is 20.9. The SMILES string of the molecule is COc1c(COc2ccc(CCC(=O)O)c(C(=O)NC(CC(C)C)c3cc(C)cc(C)c3)c2)cc(C(C)(C)C)cc1C(C)(C)C. The number of hydrogen-bond acceptors (Lipinski definition) is 4. The molecule has 0 spiro atoms. The minimum atomic E-state index is -0.907. The van der Waals surface area contributed by atoms with Crippen LogP contribution in [0.15, 0.2) is 48.5 Å². The summed E-state index contributed by atoms with van der Waals surface area (Å²) >= 11 is 0. The second kappa shape index (κ2) is 14.5. The van der Waals surface area contributed by atoms with Crippen molar-refractivity contribution in [2.45, 2.75) is 112 Å². The molecule has 1 amide bonds. The molecule has 0 fully saturated rings. The maximum Gasteiger partial charge on any atom is 0.303 e. The van der Waals surface area contributed by atoms with Gasteiger partial charge in [-0.2, -0.15) is 0 Å². The molecule has 1 unspecified atom stereocenters. The molecule has 6 nitrogen and oxygen atoms in total. The van der Waals surface area contributed by atoms with Gasteiger partial charge in [0.25, 0.3) is 5.91 Å². The van der Waals surface area contributed by atoms with Crippen LogP contribution < -0.4 is 14.8 Å². The fourth-order valence-electron chi connectivity index (χ4n) is 5.70. The molecule has 0 aliphatic carbocycles. The van der Waals surface area contributed by atoms with Gasteiger partial charge in [0.05, 0.1) is 13.2 Å². The minimum Gasteiger partial charge on any atom is -0.496 e. The summed E-state index contributed by atoms with van der Waals surface area (Å²) in [6, 6.07) is 15.9. The third-order valence-electron chi connectivity index (χ3n) is 8.03. The predicted molar refractivity (Wildman–Crippen MR) is 183 cm³/mol. The Morgan fingerprint density at radius 1 is 0.867 bits per heavy atom. The maximum absolute atomic E-state index is 13.9. The third-order valence-corrected chi connectivity index (χ3v) is 8.03. The van der Waals surface area contributed by atoms with E-state index in [0.717, 1.165) is 40.0 Å². The van der Waals surface area contributed by atoms with E-state index in [1.807, 2.05) is 12.1 Å². The Labute approximate surface area is 270 Å². The lowest BCUT2D eigenvalue weighted by Crippen LogP contribution is -2.30. The van der Waals surface area contributed by atoms with Gasteiger partial charge >= 0.3 is 5.97 Å². The van der Waals surface area contributed by atoms with Crippen LogP contribution >= 0.6 is 0 Å². The van der Waals surface area contributed by atoms with Gasteiger partial charge in [0.1, 0.15) is 18.1 Å². The van der Waals surface area contributed by atoms with Crippen LogP contribution in [0.25, 0.3) is 0 Å². The third kappa shape index (κ3) is 9.84. The standard InChI is InChI=1S/C39H53NO5/c1-24(2)16-34(28-18-25(3)17-26(4)19-28)40-37(43)32-22-31(14-12-27(32)13-15-35(41)42)45-23-29-20-30(38(5,6)7)21-33(36(29)44-11)39(8,9)10/h12,14,17-22,24,34H,13,15-16,23H2,1-11H3,(H,40,43)(H,41,42). The van der Waals surface area contributed by atoms with Gasteiger partial charge in [-0.25, -0.2) is 0 Å². The highest BCUT2D eigenvalue weighted by Crippen LogP contribution is 2.39. The normalized spacial score (nSPS) is 12.6. The number of aryl methyl sites for hydroxylation is 3. The smallest absolute Gasteiger partial charge is 0.303 e. The lowest BCUT2D eigenvalue weighted by Gasteiger charge is -2.29. The lowest BCUT2D eigenvalue weighted by atomic mass is 9.79. The molecule has 0 heterocycles. The van der Waals surface area contributed by atoms with E-state index in [2.05, 4.69) is 105 Å². The van der Waals surface area contributed by atoms with Crippen LogP contribution in [0.1, 0.15) is 124 Å². The number of carbonyl (C=O) groups excluding carboxylic acids is 1. The van der Waals surface area contributed by atoms with Crippen LogP contribution in [-0.2, 0) is 28.7 Å². The number of amides is 1. The van der Waals surface area contributed by atoms with Gasteiger partial charge in [-0.3, -0.25) is 9.59 Å². The molecular weight excluding hydrogens is 562 g/mol. The Hall–Kier alpha value is -3.80. The summed E-state index contributed by atoms with van der Waals surface area (Å²) in [5.41, 5.74) is 7.49. The highest BCUT2D eigenvalue weighted by Gasteiger charge is 2.26. The minimum absolute atomic E-state index is 0.0690. The van der Waals surface area contributed by atoms with E-state index >= 15 is 0 Å². The first-order valence-corrected chi connectivity index (χ1v) is 16.0. The first-order valence-electron chi connectivity index (χ1n) is 16.0. The Bertz CT molecular complexity index is 1490. The molecule has 3 aromatic rings. The van der Waals surface area contributed by atoms with Gasteiger partial charge in [-0.05, 0) is 78.3 Å². The molecule has 45 heavy (non-hydrogen) atoms. The van der Waals surface area contributed by atoms with Crippen molar-refractivity contribution in [2.75, 3.05) is 7.11 Å². The highest BCUT2D eigenvalue weighted by atomic mass is 16.5. The fraction of sp³-hybridized carbons (Fsp3) is 0.487. The number of carboxylic acids is 1. The molecule has 0 radical (unpaired) electrons. The second-order valence-electron chi connectivity index (χ2n) is 14.8. The molecule has 244 valence electrons. The number of carboxylic acid groups (broad SMARTS) is 1. The van der Waals surface area contributed by atoms with Crippen molar-refractivity contribution in [3.05, 3.63) is 93.0 Å². The number of benzene rings is 3. The summed E-state index contributed by atoms with van der Waals surface area (Å²) in [6.45, 7) is 21.8. The zero-order chi connectivity index (χ0) is 33.7. The number of methoxy groups -OCH3 is 1. The second-order valence-corrected chi connectivity index (χ2v) is 14.8. The van der Waals surface area contributed by atoms with E-state index in [1.165, 1.54) is 5.56 Å². The number of rotatable bonds is 12. The van der Waals surface area contributed by atoms with Gasteiger partial charge in [-0.1, -0.05) is 96.8 Å². The molecule has 0 aromatic heterocycles. The van der Waals surface area contributed by atoms with E-state index < -0.39 is 5.97 Å². The topological polar surface area (TPSA) is 84.9 Å². The Morgan fingerprint density at radius 3 is 2.04 bits per heavy atom.